The largest absolute Gasteiger partial charge is 0.488 e. The molecule has 0 fully saturated rings. The zero-order chi connectivity index (χ0) is 55.2. The number of aliphatic carboxylic acids is 2. The zero-order valence-electron chi connectivity index (χ0n) is 42.9. The molecule has 0 saturated carbocycles. The molecular weight excluding hydrogens is 1060 g/mol. The minimum absolute atomic E-state index is 0.0111. The van der Waals surface area contributed by atoms with Crippen molar-refractivity contribution in [3.63, 3.8) is 0 Å². The summed E-state index contributed by atoms with van der Waals surface area (Å²) >= 11 is 13.7. The molecule has 18 nitrogen and oxygen atoms in total. The summed E-state index contributed by atoms with van der Waals surface area (Å²) in [6.07, 6.45) is 12.3. The fraction of sp³-hybridized carbons (Fsp3) is 0.333. The number of nitrogens with one attached hydrogen (secondary N) is 2. The smallest absolute Gasteiger partial charge is 0.320 e. The Kier molecular flexibility index (Phi) is 21.0. The Hall–Kier alpha value is -6.36. The summed E-state index contributed by atoms with van der Waals surface area (Å²) in [6, 6.07) is 19.8. The van der Waals surface area contributed by atoms with Crippen LogP contribution in [-0.2, 0) is 68.6 Å². The number of hydrogen-bond donors (Lipinski definition) is 6. The first kappa shape index (κ1) is 58.9. The van der Waals surface area contributed by atoms with Crippen LogP contribution in [0.15, 0.2) is 106 Å². The first-order valence-electron chi connectivity index (χ1n) is 23.8. The van der Waals surface area contributed by atoms with E-state index in [9.17, 15) is 38.4 Å². The Bertz CT molecular complexity index is 3080. The molecule has 0 aliphatic heterocycles. The summed E-state index contributed by atoms with van der Waals surface area (Å²) in [7, 11) is -4.89. The van der Waals surface area contributed by atoms with Gasteiger partial charge in [-0.3, -0.25) is 19.6 Å². The Balaban J connectivity index is 1.22. The third kappa shape index (κ3) is 17.3. The van der Waals surface area contributed by atoms with Gasteiger partial charge in [0, 0.05) is 118 Å². The summed E-state index contributed by atoms with van der Waals surface area (Å²) < 4.78 is 58.5. The van der Waals surface area contributed by atoms with Gasteiger partial charge in [-0.1, -0.05) is 59.6 Å². The molecule has 2 heterocycles. The van der Waals surface area contributed by atoms with E-state index in [1.165, 1.54) is 37.4 Å². The Morgan fingerprint density at radius 1 is 0.566 bits per heavy atom. The number of benzene rings is 4. The van der Waals surface area contributed by atoms with Crippen molar-refractivity contribution in [2.24, 2.45) is 8.73 Å². The predicted molar refractivity (Wildman–Crippen MR) is 294 cm³/mol. The van der Waals surface area contributed by atoms with Gasteiger partial charge in [-0.15, -0.1) is 0 Å². The number of aliphatic hydroxyl groups excluding tert-OH is 2. The lowest BCUT2D eigenvalue weighted by Crippen LogP contribution is -2.37. The van der Waals surface area contributed by atoms with Gasteiger partial charge in [0.15, 0.2) is 0 Å². The quantitative estimate of drug-likeness (QED) is 0.0281. The molecular formula is C54H62Cl2N6O12S2. The lowest BCUT2D eigenvalue weighted by atomic mass is 9.92. The second kappa shape index (κ2) is 27.1. The SMILES string of the molecule is Cc1c(COc2cc(OCc3cncc(N=S(C)(C)=O)c3)c(CN[C@@H](CCO)C(=O)O)cc2Cl)cccc1-c1cccc(COc2cc(OCc3cncc(N=S(C)(C)=O)c3)c(CN[C@@H](CCO)C(=O)O)cc2Cl)c1C. The van der Waals surface area contributed by atoms with Crippen LogP contribution >= 0.6 is 23.2 Å². The second-order valence-corrected chi connectivity index (χ2v) is 24.2. The maximum atomic E-state index is 12.4. The van der Waals surface area contributed by atoms with Crippen molar-refractivity contribution in [2.75, 3.05) is 38.2 Å². The number of carbonyl (C=O) groups is 2. The topological polar surface area (TPSA) is 261 Å². The fourth-order valence-corrected chi connectivity index (χ4v) is 9.57. The summed E-state index contributed by atoms with van der Waals surface area (Å²) in [5, 5.41) is 44.8. The molecule has 2 aromatic heterocycles. The molecule has 0 bridgehead atoms. The number of halogens is 2. The average Bonchev–Trinajstić information content (AvgIpc) is 3.35. The highest BCUT2D eigenvalue weighted by atomic mass is 35.5. The molecule has 0 saturated heterocycles. The minimum atomic E-state index is -2.44. The highest BCUT2D eigenvalue weighted by Crippen LogP contribution is 2.38. The van der Waals surface area contributed by atoms with Crippen molar-refractivity contribution in [2.45, 2.75) is 78.3 Å². The Morgan fingerprint density at radius 2 is 0.947 bits per heavy atom. The van der Waals surface area contributed by atoms with Crippen LogP contribution in [0.3, 0.4) is 0 Å². The Morgan fingerprint density at radius 3 is 1.30 bits per heavy atom. The van der Waals surface area contributed by atoms with Crippen molar-refractivity contribution in [3.05, 3.63) is 152 Å². The van der Waals surface area contributed by atoms with Crippen LogP contribution in [0.1, 0.15) is 57.3 Å². The van der Waals surface area contributed by atoms with Crippen LogP contribution in [0, 0.1) is 13.8 Å². The van der Waals surface area contributed by atoms with Gasteiger partial charge in [0.1, 0.15) is 61.5 Å². The average molecular weight is 1120 g/mol. The van der Waals surface area contributed by atoms with Gasteiger partial charge in [0.25, 0.3) is 0 Å². The van der Waals surface area contributed by atoms with E-state index >= 15 is 0 Å². The van der Waals surface area contributed by atoms with Gasteiger partial charge in [-0.25, -0.2) is 8.42 Å². The maximum Gasteiger partial charge on any atom is 0.320 e. The number of nitrogens with zero attached hydrogens (tertiary/aromatic N) is 4. The summed E-state index contributed by atoms with van der Waals surface area (Å²) in [4.78, 5) is 32.2. The number of rotatable bonds is 27. The molecule has 2 atom stereocenters. The van der Waals surface area contributed by atoms with E-state index in [-0.39, 0.29) is 75.6 Å². The van der Waals surface area contributed by atoms with Gasteiger partial charge in [-0.05, 0) is 84.3 Å². The van der Waals surface area contributed by atoms with Crippen molar-refractivity contribution in [1.82, 2.24) is 20.6 Å². The number of aliphatic hydroxyl groups is 2. The Labute approximate surface area is 453 Å². The van der Waals surface area contributed by atoms with Crippen LogP contribution in [0.4, 0.5) is 11.4 Å². The van der Waals surface area contributed by atoms with E-state index in [1.807, 2.05) is 50.2 Å². The molecule has 76 heavy (non-hydrogen) atoms. The number of aromatic nitrogens is 2. The molecule has 0 amide bonds. The van der Waals surface area contributed by atoms with Gasteiger partial charge in [0.05, 0.1) is 33.8 Å². The van der Waals surface area contributed by atoms with Crippen LogP contribution < -0.4 is 29.6 Å². The lowest BCUT2D eigenvalue weighted by Gasteiger charge is -2.20. The molecule has 4 aromatic carbocycles. The molecule has 0 aliphatic carbocycles. The number of carboxylic acid groups (broad SMARTS) is 2. The summed E-state index contributed by atoms with van der Waals surface area (Å²) in [5.41, 5.74) is 8.79. The van der Waals surface area contributed by atoms with Crippen LogP contribution in [0.2, 0.25) is 10.0 Å². The zero-order valence-corrected chi connectivity index (χ0v) is 46.0. The third-order valence-corrected chi connectivity index (χ3v) is 13.6. The third-order valence-electron chi connectivity index (χ3n) is 11.7. The second-order valence-electron chi connectivity index (χ2n) is 18.3. The van der Waals surface area contributed by atoms with Crippen molar-refractivity contribution in [3.8, 4) is 34.1 Å². The van der Waals surface area contributed by atoms with Crippen LogP contribution in [-0.4, -0.2) is 101 Å². The molecule has 0 radical (unpaired) electrons. The molecule has 6 N–H and O–H groups in total. The van der Waals surface area contributed by atoms with Crippen molar-refractivity contribution < 1.29 is 57.4 Å². The molecule has 0 unspecified atom stereocenters. The minimum Gasteiger partial charge on any atom is -0.488 e. The molecule has 6 aromatic rings. The fourth-order valence-electron chi connectivity index (χ4n) is 7.88. The van der Waals surface area contributed by atoms with E-state index in [0.29, 0.717) is 56.6 Å². The summed E-state index contributed by atoms with van der Waals surface area (Å²) in [6.45, 7) is 3.77. The van der Waals surface area contributed by atoms with E-state index in [4.69, 9.17) is 42.1 Å². The predicted octanol–water partition coefficient (Wildman–Crippen LogP) is 8.95. The van der Waals surface area contributed by atoms with Gasteiger partial charge >= 0.3 is 11.9 Å². The van der Waals surface area contributed by atoms with Gasteiger partial charge in [0.2, 0.25) is 0 Å². The first-order valence-corrected chi connectivity index (χ1v) is 29.2. The van der Waals surface area contributed by atoms with Crippen LogP contribution in [0.5, 0.6) is 23.0 Å². The standard InChI is InChI=1S/C54H62Cl2N6O12S2/c1-33-37(31-73-51-21-49(39(19-45(51)55)25-59-47(13-15-63)53(65)66)71-29-35-17-41(27-57-23-35)61-75(3,4)69)9-7-11-43(33)44-12-8-10-38(34(44)2)32-74-52-22-50(40(20-46(52)56)26-60-48(14-16-64)54(67)68)72-30-36-18-42(28-58-24-36)62-76(5,6)70/h7-12,17-24,27-28,47-48,59-60,63-64H,13-16,25-26,29-32H2,1-6H3,(H,65,66)(H,67,68)/t47-,48-/m0/s1. The maximum absolute atomic E-state index is 12.4. The van der Waals surface area contributed by atoms with Gasteiger partial charge < -0.3 is 50.0 Å². The molecule has 0 spiro atoms. The van der Waals surface area contributed by atoms with Crippen molar-refractivity contribution in [1.29, 1.82) is 0 Å². The monoisotopic (exact) mass is 1120 g/mol. The van der Waals surface area contributed by atoms with E-state index in [0.717, 1.165) is 33.4 Å². The highest BCUT2D eigenvalue weighted by molar-refractivity contribution is 7.92. The summed E-state index contributed by atoms with van der Waals surface area (Å²) in [5.74, 6) is -0.891. The molecule has 6 rings (SSSR count). The number of ether oxygens (including phenoxy) is 4. The van der Waals surface area contributed by atoms with Crippen molar-refractivity contribution >= 4 is 66.0 Å². The lowest BCUT2D eigenvalue weighted by molar-refractivity contribution is -0.140. The van der Waals surface area contributed by atoms with E-state index in [2.05, 4.69) is 29.3 Å². The van der Waals surface area contributed by atoms with E-state index < -0.39 is 43.5 Å². The number of carboxylic acids is 2. The van der Waals surface area contributed by atoms with Gasteiger partial charge in [-0.2, -0.15) is 8.73 Å². The molecule has 406 valence electrons. The van der Waals surface area contributed by atoms with Crippen LogP contribution in [0.25, 0.3) is 11.1 Å². The number of pyridine rings is 2. The van der Waals surface area contributed by atoms with E-state index in [1.54, 1.807) is 48.8 Å². The molecule has 0 aliphatic rings. The number of hydrogen-bond acceptors (Lipinski definition) is 16. The normalized spacial score (nSPS) is 12.4. The molecule has 22 heteroatoms. The first-order chi connectivity index (χ1) is 36.1. The highest BCUT2D eigenvalue weighted by Gasteiger charge is 2.22.